The highest BCUT2D eigenvalue weighted by Gasteiger charge is 2.35. The first kappa shape index (κ1) is 28.6. The van der Waals surface area contributed by atoms with E-state index in [0.717, 1.165) is 27.7 Å². The SMILES string of the molecule is CC1(C)c2ccccc2-c2c3c1cccc3cc1c3ccccc3n(-c3nc(-c4ccccc4)nc(-c4ccc(-c5ccccc5)cc4)n3)c21. The summed E-state index contributed by atoms with van der Waals surface area (Å²) < 4.78 is 2.28. The maximum absolute atomic E-state index is 5.30. The Labute approximate surface area is 290 Å². The summed E-state index contributed by atoms with van der Waals surface area (Å²) in [6.45, 7) is 4.69. The molecule has 0 aliphatic heterocycles. The molecular formula is C46H32N4. The van der Waals surface area contributed by atoms with Crippen molar-refractivity contribution >= 4 is 32.6 Å². The number of aromatic nitrogens is 4. The van der Waals surface area contributed by atoms with Gasteiger partial charge in [-0.05, 0) is 50.7 Å². The highest BCUT2D eigenvalue weighted by Crippen LogP contribution is 2.52. The first-order valence-electron chi connectivity index (χ1n) is 17.1. The number of para-hydroxylation sites is 1. The number of benzene rings is 7. The molecule has 0 spiro atoms. The number of hydrogen-bond acceptors (Lipinski definition) is 3. The van der Waals surface area contributed by atoms with E-state index < -0.39 is 0 Å². The number of fused-ring (bicyclic) bond motifs is 6. The molecule has 0 amide bonds. The van der Waals surface area contributed by atoms with Crippen molar-refractivity contribution in [2.24, 2.45) is 0 Å². The lowest BCUT2D eigenvalue weighted by molar-refractivity contribution is 0.645. The van der Waals surface area contributed by atoms with Crippen LogP contribution in [0.25, 0.3) is 83.6 Å². The van der Waals surface area contributed by atoms with Gasteiger partial charge in [-0.3, -0.25) is 4.57 Å². The summed E-state index contributed by atoms with van der Waals surface area (Å²) in [6, 6.07) is 55.8. The van der Waals surface area contributed by atoms with E-state index in [-0.39, 0.29) is 5.41 Å². The molecule has 0 saturated carbocycles. The first-order chi connectivity index (χ1) is 24.6. The molecule has 0 bridgehead atoms. The first-order valence-corrected chi connectivity index (χ1v) is 17.1. The average molecular weight is 641 g/mol. The number of rotatable bonds is 4. The maximum Gasteiger partial charge on any atom is 0.238 e. The van der Waals surface area contributed by atoms with Crippen molar-refractivity contribution in [1.82, 2.24) is 19.5 Å². The summed E-state index contributed by atoms with van der Waals surface area (Å²) in [4.78, 5) is 15.6. The van der Waals surface area contributed by atoms with Crippen molar-refractivity contribution in [2.75, 3.05) is 0 Å². The Balaban J connectivity index is 1.31. The minimum atomic E-state index is -0.152. The average Bonchev–Trinajstić information content (AvgIpc) is 3.51. The van der Waals surface area contributed by atoms with Gasteiger partial charge in [0.05, 0.1) is 11.0 Å². The molecule has 1 aliphatic rings. The minimum Gasteiger partial charge on any atom is -0.277 e. The van der Waals surface area contributed by atoms with Gasteiger partial charge in [-0.25, -0.2) is 4.98 Å². The van der Waals surface area contributed by atoms with Crippen LogP contribution in [0.2, 0.25) is 0 Å². The molecule has 50 heavy (non-hydrogen) atoms. The Morgan fingerprint density at radius 2 is 1.06 bits per heavy atom. The van der Waals surface area contributed by atoms with Crippen molar-refractivity contribution in [3.8, 4) is 51.0 Å². The van der Waals surface area contributed by atoms with Crippen LogP contribution in [0.3, 0.4) is 0 Å². The predicted octanol–water partition coefficient (Wildman–Crippen LogP) is 11.4. The third-order valence-electron chi connectivity index (χ3n) is 10.4. The summed E-state index contributed by atoms with van der Waals surface area (Å²) in [5.74, 6) is 1.87. The molecule has 2 heterocycles. The Morgan fingerprint density at radius 3 is 1.82 bits per heavy atom. The van der Waals surface area contributed by atoms with E-state index in [9.17, 15) is 0 Å². The van der Waals surface area contributed by atoms with Crippen LogP contribution in [0.5, 0.6) is 0 Å². The third kappa shape index (κ3) is 4.21. The molecule has 2 aromatic heterocycles. The monoisotopic (exact) mass is 640 g/mol. The van der Waals surface area contributed by atoms with Crippen molar-refractivity contribution < 1.29 is 0 Å². The van der Waals surface area contributed by atoms with Crippen LogP contribution < -0.4 is 0 Å². The highest BCUT2D eigenvalue weighted by atomic mass is 15.2. The minimum absolute atomic E-state index is 0.152. The Kier molecular flexibility index (Phi) is 6.19. The van der Waals surface area contributed by atoms with Gasteiger partial charge in [-0.1, -0.05) is 159 Å². The van der Waals surface area contributed by atoms with Gasteiger partial charge >= 0.3 is 0 Å². The van der Waals surface area contributed by atoms with Crippen LogP contribution in [-0.4, -0.2) is 19.5 Å². The Morgan fingerprint density at radius 1 is 0.480 bits per heavy atom. The van der Waals surface area contributed by atoms with Gasteiger partial charge < -0.3 is 0 Å². The summed E-state index contributed by atoms with van der Waals surface area (Å²) in [7, 11) is 0. The van der Waals surface area contributed by atoms with E-state index in [4.69, 9.17) is 15.0 Å². The van der Waals surface area contributed by atoms with E-state index >= 15 is 0 Å². The van der Waals surface area contributed by atoms with Gasteiger partial charge in [0.1, 0.15) is 0 Å². The summed E-state index contributed by atoms with van der Waals surface area (Å²) in [5, 5.41) is 4.89. The predicted molar refractivity (Wildman–Crippen MR) is 206 cm³/mol. The van der Waals surface area contributed by atoms with Gasteiger partial charge in [0.2, 0.25) is 5.95 Å². The van der Waals surface area contributed by atoms with Crippen LogP contribution in [0.4, 0.5) is 0 Å². The molecule has 9 aromatic rings. The van der Waals surface area contributed by atoms with E-state index in [2.05, 4.69) is 152 Å². The molecule has 0 atom stereocenters. The fraction of sp³-hybridized carbons (Fsp3) is 0.0652. The summed E-state index contributed by atoms with van der Waals surface area (Å²) in [5.41, 5.74) is 11.4. The lowest BCUT2D eigenvalue weighted by Crippen LogP contribution is -2.23. The van der Waals surface area contributed by atoms with Gasteiger partial charge in [-0.2, -0.15) is 9.97 Å². The van der Waals surface area contributed by atoms with E-state index in [0.29, 0.717) is 17.6 Å². The quantitative estimate of drug-likeness (QED) is 0.192. The zero-order chi connectivity index (χ0) is 33.4. The summed E-state index contributed by atoms with van der Waals surface area (Å²) in [6.07, 6.45) is 0. The fourth-order valence-electron chi connectivity index (χ4n) is 8.04. The normalized spacial score (nSPS) is 13.2. The molecule has 1 aliphatic carbocycles. The largest absolute Gasteiger partial charge is 0.277 e. The van der Waals surface area contributed by atoms with Crippen molar-refractivity contribution in [3.63, 3.8) is 0 Å². The number of hydrogen-bond donors (Lipinski definition) is 0. The maximum atomic E-state index is 5.30. The van der Waals surface area contributed by atoms with E-state index in [1.807, 2.05) is 24.3 Å². The number of nitrogens with zero attached hydrogens (tertiary/aromatic N) is 4. The Hall–Kier alpha value is -6.39. The standard InChI is InChI=1S/C46H32N4/c1-46(2)37-21-11-9-20-35(37)41-40-33(18-13-22-38(40)46)28-36-34-19-10-12-23-39(34)50(42(36)41)45-48-43(31-16-7-4-8-17-31)47-44(49-45)32-26-24-30(25-27-32)29-14-5-3-6-15-29/h3-28H,1-2H3. The molecule has 0 radical (unpaired) electrons. The lowest BCUT2D eigenvalue weighted by Gasteiger charge is -2.35. The second kappa shape index (κ2) is 10.8. The molecule has 4 nitrogen and oxygen atoms in total. The third-order valence-corrected chi connectivity index (χ3v) is 10.4. The highest BCUT2D eigenvalue weighted by molar-refractivity contribution is 6.22. The molecule has 4 heteroatoms. The molecule has 236 valence electrons. The molecule has 7 aromatic carbocycles. The molecule has 0 unspecified atom stereocenters. The zero-order valence-electron chi connectivity index (χ0n) is 27.8. The second-order valence-corrected chi connectivity index (χ2v) is 13.7. The van der Waals surface area contributed by atoms with Crippen LogP contribution >= 0.6 is 0 Å². The van der Waals surface area contributed by atoms with Crippen molar-refractivity contribution in [1.29, 1.82) is 0 Å². The summed E-state index contributed by atoms with van der Waals surface area (Å²) >= 11 is 0. The van der Waals surface area contributed by atoms with Gasteiger partial charge in [0.25, 0.3) is 0 Å². The zero-order valence-corrected chi connectivity index (χ0v) is 27.8. The van der Waals surface area contributed by atoms with Crippen LogP contribution in [0, 0.1) is 0 Å². The van der Waals surface area contributed by atoms with Gasteiger partial charge in [0, 0.05) is 32.9 Å². The van der Waals surface area contributed by atoms with Crippen LogP contribution in [-0.2, 0) is 5.41 Å². The molecule has 0 N–H and O–H groups in total. The lowest BCUT2D eigenvalue weighted by atomic mass is 9.68. The second-order valence-electron chi connectivity index (χ2n) is 13.7. The van der Waals surface area contributed by atoms with Crippen molar-refractivity contribution in [3.05, 3.63) is 169 Å². The van der Waals surface area contributed by atoms with Gasteiger partial charge in [0.15, 0.2) is 11.6 Å². The molecular weight excluding hydrogens is 609 g/mol. The van der Waals surface area contributed by atoms with Gasteiger partial charge in [-0.15, -0.1) is 0 Å². The molecule has 10 rings (SSSR count). The van der Waals surface area contributed by atoms with E-state index in [1.165, 1.54) is 49.4 Å². The fourth-order valence-corrected chi connectivity index (χ4v) is 8.04. The topological polar surface area (TPSA) is 43.6 Å². The Bertz CT molecular complexity index is 2760. The smallest absolute Gasteiger partial charge is 0.238 e. The molecule has 0 fully saturated rings. The van der Waals surface area contributed by atoms with E-state index in [1.54, 1.807) is 0 Å². The van der Waals surface area contributed by atoms with Crippen LogP contribution in [0.1, 0.15) is 25.0 Å². The van der Waals surface area contributed by atoms with Crippen molar-refractivity contribution in [2.45, 2.75) is 19.3 Å². The van der Waals surface area contributed by atoms with Crippen LogP contribution in [0.15, 0.2) is 158 Å². The molecule has 0 saturated heterocycles.